The lowest BCUT2D eigenvalue weighted by Crippen LogP contribution is -2.29. The van der Waals surface area contributed by atoms with Crippen molar-refractivity contribution in [3.05, 3.63) is 22.8 Å². The summed E-state index contributed by atoms with van der Waals surface area (Å²) in [7, 11) is 0. The highest BCUT2D eigenvalue weighted by Crippen LogP contribution is 2.32. The summed E-state index contributed by atoms with van der Waals surface area (Å²) in [6, 6.07) is 0.809. The Bertz CT molecular complexity index is 461. The molecule has 1 aromatic heterocycles. The first-order valence-electron chi connectivity index (χ1n) is 4.64. The second-order valence-electron chi connectivity index (χ2n) is 3.95. The molecule has 1 N–H and O–H groups in total. The molecule has 1 aromatic rings. The van der Waals surface area contributed by atoms with E-state index in [-0.39, 0.29) is 10.8 Å². The molecule has 2 nitrogen and oxygen atoms in total. The van der Waals surface area contributed by atoms with E-state index in [1.54, 1.807) is 13.8 Å². The van der Waals surface area contributed by atoms with Crippen LogP contribution in [0.4, 0.5) is 19.0 Å². The highest BCUT2D eigenvalue weighted by Gasteiger charge is 2.31. The first-order chi connectivity index (χ1) is 7.65. The Hall–Kier alpha value is -1.41. The van der Waals surface area contributed by atoms with E-state index in [0.717, 1.165) is 6.07 Å². The molecule has 17 heavy (non-hydrogen) atoms. The van der Waals surface area contributed by atoms with E-state index in [9.17, 15) is 13.2 Å². The van der Waals surface area contributed by atoms with Gasteiger partial charge in [-0.05, 0) is 19.9 Å². The number of nitrogens with one attached hydrogen (secondary N) is 1. The summed E-state index contributed by atoms with van der Waals surface area (Å²) in [6.45, 7) is 3.37. The van der Waals surface area contributed by atoms with Crippen molar-refractivity contribution >= 4 is 17.4 Å². The smallest absolute Gasteiger partial charge is 0.353 e. The van der Waals surface area contributed by atoms with Crippen LogP contribution in [-0.4, -0.2) is 10.5 Å². The third-order valence-electron chi connectivity index (χ3n) is 1.96. The molecule has 0 aliphatic rings. The van der Waals surface area contributed by atoms with Gasteiger partial charge in [0.2, 0.25) is 0 Å². The normalized spacial score (nSPS) is 12.1. The largest absolute Gasteiger partial charge is 0.417 e. The Balaban J connectivity index is 3.04. The second-order valence-corrected chi connectivity index (χ2v) is 4.35. The van der Waals surface area contributed by atoms with Crippen molar-refractivity contribution < 1.29 is 13.2 Å². The van der Waals surface area contributed by atoms with Gasteiger partial charge in [-0.25, -0.2) is 4.98 Å². The summed E-state index contributed by atoms with van der Waals surface area (Å²) in [4.78, 5) is 3.62. The van der Waals surface area contributed by atoms with Crippen LogP contribution in [0, 0.1) is 12.3 Å². The third-order valence-corrected chi connectivity index (χ3v) is 2.25. The Morgan fingerprint density at radius 2 is 2.00 bits per heavy atom. The molecule has 0 radical (unpaired) electrons. The first kappa shape index (κ1) is 13.7. The highest BCUT2D eigenvalue weighted by atomic mass is 35.5. The van der Waals surface area contributed by atoms with Crippen molar-refractivity contribution in [3.63, 3.8) is 0 Å². The van der Waals surface area contributed by atoms with E-state index in [2.05, 4.69) is 16.2 Å². The number of pyridine rings is 1. The van der Waals surface area contributed by atoms with Crippen LogP contribution in [0.15, 0.2) is 12.3 Å². The quantitative estimate of drug-likeness (QED) is 0.824. The van der Waals surface area contributed by atoms with E-state index in [4.69, 9.17) is 18.0 Å². The Morgan fingerprint density at radius 3 is 2.41 bits per heavy atom. The van der Waals surface area contributed by atoms with Gasteiger partial charge in [0.15, 0.2) is 0 Å². The number of anilines is 1. The molecule has 92 valence electrons. The molecule has 0 amide bonds. The summed E-state index contributed by atoms with van der Waals surface area (Å²) in [5, 5.41) is 2.65. The van der Waals surface area contributed by atoms with Gasteiger partial charge in [0.05, 0.1) is 16.1 Å². The lowest BCUT2D eigenvalue weighted by molar-refractivity contribution is -0.137. The topological polar surface area (TPSA) is 24.9 Å². The number of nitrogens with zero attached hydrogens (tertiary/aromatic N) is 1. The standard InChI is InChI=1S/C11H10ClF3N2/c1-4-10(2,3)17-9-8(12)5-7(6-16-9)11(13,14)15/h1,5-6H,2-3H3,(H,16,17). The summed E-state index contributed by atoms with van der Waals surface area (Å²) in [6.07, 6.45) is 1.49. The van der Waals surface area contributed by atoms with Crippen molar-refractivity contribution in [2.45, 2.75) is 25.6 Å². The fourth-order valence-corrected chi connectivity index (χ4v) is 1.23. The lowest BCUT2D eigenvalue weighted by atomic mass is 10.1. The highest BCUT2D eigenvalue weighted by molar-refractivity contribution is 6.33. The second kappa shape index (κ2) is 4.46. The van der Waals surface area contributed by atoms with Crippen molar-refractivity contribution in [3.8, 4) is 12.3 Å². The molecule has 0 aliphatic heterocycles. The molecule has 0 bridgehead atoms. The van der Waals surface area contributed by atoms with Crippen LogP contribution in [0.5, 0.6) is 0 Å². The van der Waals surface area contributed by atoms with Gasteiger partial charge in [-0.1, -0.05) is 17.5 Å². The maximum Gasteiger partial charge on any atom is 0.417 e. The van der Waals surface area contributed by atoms with E-state index in [1.165, 1.54) is 0 Å². The average molecular weight is 263 g/mol. The fourth-order valence-electron chi connectivity index (χ4n) is 1.02. The van der Waals surface area contributed by atoms with Gasteiger partial charge in [0, 0.05) is 6.20 Å². The lowest BCUT2D eigenvalue weighted by Gasteiger charge is -2.21. The SMILES string of the molecule is C#CC(C)(C)Nc1ncc(C(F)(F)F)cc1Cl. The summed E-state index contributed by atoms with van der Waals surface area (Å²) in [5.74, 6) is 2.56. The van der Waals surface area contributed by atoms with Crippen LogP contribution < -0.4 is 5.32 Å². The zero-order valence-corrected chi connectivity index (χ0v) is 9.95. The minimum absolute atomic E-state index is 0.122. The van der Waals surface area contributed by atoms with Gasteiger partial charge in [0.1, 0.15) is 5.82 Å². The fraction of sp³-hybridized carbons (Fsp3) is 0.364. The zero-order valence-electron chi connectivity index (χ0n) is 9.19. The maximum absolute atomic E-state index is 12.4. The molecule has 1 rings (SSSR count). The molecular formula is C11H10ClF3N2. The van der Waals surface area contributed by atoms with Gasteiger partial charge in [-0.2, -0.15) is 13.2 Å². The van der Waals surface area contributed by atoms with Crippen LogP contribution in [-0.2, 0) is 6.18 Å². The minimum Gasteiger partial charge on any atom is -0.353 e. The monoisotopic (exact) mass is 262 g/mol. The van der Waals surface area contributed by atoms with Crippen molar-refractivity contribution in [1.82, 2.24) is 4.98 Å². The molecular weight excluding hydrogens is 253 g/mol. The number of hydrogen-bond donors (Lipinski definition) is 1. The van der Waals surface area contributed by atoms with E-state index < -0.39 is 17.3 Å². The average Bonchev–Trinajstić information content (AvgIpc) is 2.19. The van der Waals surface area contributed by atoms with Crippen LogP contribution in [0.25, 0.3) is 0 Å². The van der Waals surface area contributed by atoms with Crippen molar-refractivity contribution in [2.24, 2.45) is 0 Å². The van der Waals surface area contributed by atoms with E-state index >= 15 is 0 Å². The molecule has 0 aliphatic carbocycles. The zero-order chi connectivity index (χ0) is 13.3. The first-order valence-corrected chi connectivity index (χ1v) is 5.02. The molecule has 0 saturated heterocycles. The molecule has 0 aromatic carbocycles. The number of aromatic nitrogens is 1. The molecule has 1 heterocycles. The molecule has 0 atom stereocenters. The summed E-state index contributed by atoms with van der Waals surface area (Å²) >= 11 is 5.70. The predicted molar refractivity (Wildman–Crippen MR) is 60.8 cm³/mol. The number of halogens is 4. The molecule has 0 unspecified atom stereocenters. The van der Waals surface area contributed by atoms with E-state index in [0.29, 0.717) is 6.20 Å². The van der Waals surface area contributed by atoms with Crippen LogP contribution >= 0.6 is 11.6 Å². The van der Waals surface area contributed by atoms with Crippen LogP contribution in [0.3, 0.4) is 0 Å². The Labute approximate surface area is 102 Å². The van der Waals surface area contributed by atoms with E-state index in [1.807, 2.05) is 0 Å². The van der Waals surface area contributed by atoms with Crippen LogP contribution in [0.2, 0.25) is 5.02 Å². The van der Waals surface area contributed by atoms with Gasteiger partial charge in [-0.15, -0.1) is 6.42 Å². The minimum atomic E-state index is -4.46. The van der Waals surface area contributed by atoms with Crippen LogP contribution in [0.1, 0.15) is 19.4 Å². The van der Waals surface area contributed by atoms with Gasteiger partial charge >= 0.3 is 6.18 Å². The number of rotatable bonds is 2. The maximum atomic E-state index is 12.4. The number of alkyl halides is 3. The molecule has 6 heteroatoms. The summed E-state index contributed by atoms with van der Waals surface area (Å²) < 4.78 is 37.1. The van der Waals surface area contributed by atoms with Crippen molar-refractivity contribution in [2.75, 3.05) is 5.32 Å². The van der Waals surface area contributed by atoms with Crippen molar-refractivity contribution in [1.29, 1.82) is 0 Å². The summed E-state index contributed by atoms with van der Waals surface area (Å²) in [5.41, 5.74) is -1.64. The number of terminal acetylenes is 1. The Morgan fingerprint density at radius 1 is 1.41 bits per heavy atom. The third kappa shape index (κ3) is 3.53. The van der Waals surface area contributed by atoms with Gasteiger partial charge in [-0.3, -0.25) is 0 Å². The predicted octanol–water partition coefficient (Wildman–Crippen LogP) is 3.58. The van der Waals surface area contributed by atoms with Gasteiger partial charge < -0.3 is 5.32 Å². The molecule has 0 saturated carbocycles. The number of hydrogen-bond acceptors (Lipinski definition) is 2. The molecule has 0 spiro atoms. The molecule has 0 fully saturated rings. The van der Waals surface area contributed by atoms with Gasteiger partial charge in [0.25, 0.3) is 0 Å². The Kier molecular flexibility index (Phi) is 3.58.